The molecule has 22 heavy (non-hydrogen) atoms. The summed E-state index contributed by atoms with van der Waals surface area (Å²) in [5.74, 6) is 0. The molecule has 0 spiro atoms. The van der Waals surface area contributed by atoms with Gasteiger partial charge in [-0.15, -0.1) is 0 Å². The zero-order valence-corrected chi connectivity index (χ0v) is 13.4. The summed E-state index contributed by atoms with van der Waals surface area (Å²) < 4.78 is 0. The monoisotopic (exact) mass is 329 g/mol. The van der Waals surface area contributed by atoms with Crippen molar-refractivity contribution in [2.45, 2.75) is 6.54 Å². The first-order valence-corrected chi connectivity index (χ1v) is 8.15. The molecule has 2 aromatic carbocycles. The second-order valence-corrected chi connectivity index (χ2v) is 6.20. The molecule has 112 valence electrons. The van der Waals surface area contributed by atoms with E-state index in [1.54, 1.807) is 11.3 Å². The lowest BCUT2D eigenvalue weighted by atomic mass is 10.0. The fourth-order valence-corrected chi connectivity index (χ4v) is 3.25. The second-order valence-electron chi connectivity index (χ2n) is 5.02. The fraction of sp³-hybridized carbons (Fsp3) is 0.0588. The van der Waals surface area contributed by atoms with Crippen molar-refractivity contribution in [1.29, 1.82) is 0 Å². The normalized spacial score (nSPS) is 10.6. The minimum atomic E-state index is 0.715. The van der Waals surface area contributed by atoms with Crippen LogP contribution >= 0.6 is 22.9 Å². The third kappa shape index (κ3) is 3.18. The maximum absolute atomic E-state index is 6.09. The Kier molecular flexibility index (Phi) is 4.22. The molecule has 3 aromatic rings. The Morgan fingerprint density at radius 2 is 1.73 bits per heavy atom. The summed E-state index contributed by atoms with van der Waals surface area (Å²) in [6.45, 7) is 0.717. The van der Waals surface area contributed by atoms with Gasteiger partial charge >= 0.3 is 0 Å². The van der Waals surface area contributed by atoms with Crippen LogP contribution in [-0.2, 0) is 6.54 Å². The van der Waals surface area contributed by atoms with Crippen molar-refractivity contribution >= 4 is 40.0 Å². The third-order valence-corrected chi connectivity index (χ3v) is 4.48. The first kappa shape index (κ1) is 14.8. The van der Waals surface area contributed by atoms with Crippen molar-refractivity contribution in [2.75, 3.05) is 16.8 Å². The van der Waals surface area contributed by atoms with Gasteiger partial charge in [-0.3, -0.25) is 0 Å². The van der Waals surface area contributed by atoms with E-state index in [4.69, 9.17) is 23.1 Å². The van der Waals surface area contributed by atoms with E-state index in [-0.39, 0.29) is 0 Å². The van der Waals surface area contributed by atoms with E-state index in [2.05, 4.69) is 16.1 Å². The van der Waals surface area contributed by atoms with Gasteiger partial charge in [0.2, 0.25) is 0 Å². The number of nitrogen functional groups attached to an aromatic ring is 2. The van der Waals surface area contributed by atoms with Crippen molar-refractivity contribution < 1.29 is 0 Å². The number of halogens is 1. The highest BCUT2D eigenvalue weighted by molar-refractivity contribution is 7.08. The molecule has 5 heteroatoms. The standard InChI is InChI=1S/C17H16ClN3S/c18-12-1-4-14(5-2-12)21-8-11-9-22-10-16(11)15-7-13(19)3-6-17(15)20/h1-7,9-10,21H,8,19-20H2. The zero-order valence-electron chi connectivity index (χ0n) is 11.8. The smallest absolute Gasteiger partial charge is 0.0415 e. The molecular formula is C17H16ClN3S. The quantitative estimate of drug-likeness (QED) is 0.600. The second kappa shape index (κ2) is 6.30. The van der Waals surface area contributed by atoms with Crippen molar-refractivity contribution in [3.63, 3.8) is 0 Å². The van der Waals surface area contributed by atoms with Crippen molar-refractivity contribution in [1.82, 2.24) is 0 Å². The van der Waals surface area contributed by atoms with E-state index in [0.717, 1.165) is 27.5 Å². The Labute approximate surface area is 138 Å². The lowest BCUT2D eigenvalue weighted by molar-refractivity contribution is 1.17. The van der Waals surface area contributed by atoms with Crippen LogP contribution < -0.4 is 16.8 Å². The number of thiophene rings is 1. The Bertz CT molecular complexity index is 781. The van der Waals surface area contributed by atoms with Crippen LogP contribution in [0.2, 0.25) is 5.02 Å². The number of hydrogen-bond donors (Lipinski definition) is 3. The Balaban J connectivity index is 1.83. The Morgan fingerprint density at radius 3 is 2.50 bits per heavy atom. The van der Waals surface area contributed by atoms with Crippen molar-refractivity contribution in [2.24, 2.45) is 0 Å². The number of nitrogens with two attached hydrogens (primary N) is 2. The molecule has 0 aliphatic heterocycles. The molecule has 0 radical (unpaired) electrons. The molecular weight excluding hydrogens is 314 g/mol. The molecule has 0 amide bonds. The number of benzene rings is 2. The number of nitrogens with one attached hydrogen (secondary N) is 1. The van der Waals surface area contributed by atoms with Gasteiger partial charge in [0.25, 0.3) is 0 Å². The predicted octanol–water partition coefficient (Wildman–Crippen LogP) is 4.85. The van der Waals surface area contributed by atoms with Gasteiger partial charge in [0, 0.05) is 34.2 Å². The highest BCUT2D eigenvalue weighted by atomic mass is 35.5. The zero-order chi connectivity index (χ0) is 15.5. The molecule has 5 N–H and O–H groups in total. The van der Waals surface area contributed by atoms with E-state index in [1.165, 1.54) is 5.56 Å². The lowest BCUT2D eigenvalue weighted by Gasteiger charge is -2.10. The minimum Gasteiger partial charge on any atom is -0.399 e. The highest BCUT2D eigenvalue weighted by Gasteiger charge is 2.10. The molecule has 0 saturated heterocycles. The van der Waals surface area contributed by atoms with Crippen LogP contribution in [0.5, 0.6) is 0 Å². The molecule has 1 heterocycles. The molecule has 0 aliphatic carbocycles. The molecule has 3 nitrogen and oxygen atoms in total. The minimum absolute atomic E-state index is 0.715. The summed E-state index contributed by atoms with van der Waals surface area (Å²) in [5, 5.41) is 8.35. The fourth-order valence-electron chi connectivity index (χ4n) is 2.27. The predicted molar refractivity (Wildman–Crippen MR) is 97.4 cm³/mol. The van der Waals surface area contributed by atoms with Crippen LogP contribution in [-0.4, -0.2) is 0 Å². The molecule has 0 unspecified atom stereocenters. The summed E-state index contributed by atoms with van der Waals surface area (Å²) in [5.41, 5.74) is 17.7. The SMILES string of the molecule is Nc1ccc(N)c(-c2cscc2CNc2ccc(Cl)cc2)c1. The molecule has 3 rings (SSSR count). The number of anilines is 3. The van der Waals surface area contributed by atoms with Crippen LogP contribution in [0.15, 0.2) is 53.2 Å². The van der Waals surface area contributed by atoms with Gasteiger partial charge in [0.1, 0.15) is 0 Å². The summed E-state index contributed by atoms with van der Waals surface area (Å²) in [6.07, 6.45) is 0. The van der Waals surface area contributed by atoms with Gasteiger partial charge in [-0.2, -0.15) is 11.3 Å². The molecule has 0 aliphatic rings. The van der Waals surface area contributed by atoms with E-state index < -0.39 is 0 Å². The molecule has 0 fully saturated rings. The van der Waals surface area contributed by atoms with Crippen LogP contribution in [0, 0.1) is 0 Å². The first-order valence-electron chi connectivity index (χ1n) is 6.83. The van der Waals surface area contributed by atoms with Crippen molar-refractivity contribution in [3.05, 3.63) is 63.8 Å². The summed E-state index contributed by atoms with van der Waals surface area (Å²) in [4.78, 5) is 0. The van der Waals surface area contributed by atoms with Gasteiger partial charge in [-0.25, -0.2) is 0 Å². The van der Waals surface area contributed by atoms with Gasteiger partial charge in [0.05, 0.1) is 0 Å². The topological polar surface area (TPSA) is 64.1 Å². The Hall–Kier alpha value is -2.17. The van der Waals surface area contributed by atoms with Crippen LogP contribution in [0.25, 0.3) is 11.1 Å². The van der Waals surface area contributed by atoms with Gasteiger partial charge in [-0.1, -0.05) is 11.6 Å². The maximum Gasteiger partial charge on any atom is 0.0415 e. The van der Waals surface area contributed by atoms with Crippen molar-refractivity contribution in [3.8, 4) is 11.1 Å². The largest absolute Gasteiger partial charge is 0.399 e. The summed E-state index contributed by atoms with van der Waals surface area (Å²) in [6, 6.07) is 13.2. The first-order chi connectivity index (χ1) is 10.6. The van der Waals surface area contributed by atoms with Gasteiger partial charge in [-0.05, 0) is 64.4 Å². The average Bonchev–Trinajstić information content (AvgIpc) is 2.97. The van der Waals surface area contributed by atoms with Gasteiger partial charge in [0.15, 0.2) is 0 Å². The average molecular weight is 330 g/mol. The summed E-state index contributed by atoms with van der Waals surface area (Å²) >= 11 is 7.55. The third-order valence-electron chi connectivity index (χ3n) is 3.44. The van der Waals surface area contributed by atoms with E-state index in [0.29, 0.717) is 12.2 Å². The molecule has 1 aromatic heterocycles. The maximum atomic E-state index is 6.09. The number of rotatable bonds is 4. The lowest BCUT2D eigenvalue weighted by Crippen LogP contribution is -2.00. The van der Waals surface area contributed by atoms with Gasteiger partial charge < -0.3 is 16.8 Å². The Morgan fingerprint density at radius 1 is 0.955 bits per heavy atom. The van der Waals surface area contributed by atoms with Crippen LogP contribution in [0.3, 0.4) is 0 Å². The molecule has 0 saturated carbocycles. The van der Waals surface area contributed by atoms with Crippen LogP contribution in [0.4, 0.5) is 17.1 Å². The van der Waals surface area contributed by atoms with Crippen LogP contribution in [0.1, 0.15) is 5.56 Å². The number of hydrogen-bond acceptors (Lipinski definition) is 4. The molecule has 0 atom stereocenters. The highest BCUT2D eigenvalue weighted by Crippen LogP contribution is 2.33. The van der Waals surface area contributed by atoms with E-state index in [1.807, 2.05) is 42.5 Å². The molecule has 0 bridgehead atoms. The summed E-state index contributed by atoms with van der Waals surface area (Å²) in [7, 11) is 0. The van der Waals surface area contributed by atoms with E-state index in [9.17, 15) is 0 Å². The van der Waals surface area contributed by atoms with E-state index >= 15 is 0 Å².